The van der Waals surface area contributed by atoms with Crippen molar-refractivity contribution in [2.45, 2.75) is 19.1 Å². The number of nitrogens with zero attached hydrogens (tertiary/aromatic N) is 1. The highest BCUT2D eigenvalue weighted by molar-refractivity contribution is 8.78. The number of thiocyanates is 1. The second-order valence-corrected chi connectivity index (χ2v) is 9.12. The Balaban J connectivity index is 2.20. The molecule has 1 heterocycles. The third-order valence-electron chi connectivity index (χ3n) is 3.82. The second kappa shape index (κ2) is 6.31. The SMILES string of the molecule is CC(C)C1=C(c2ccc3ccccc3c2)C(C(=O)O)[S+](C#N)S1. The van der Waals surface area contributed by atoms with Gasteiger partial charge in [-0.3, -0.25) is 0 Å². The summed E-state index contributed by atoms with van der Waals surface area (Å²) in [5.41, 5.74) is 1.73. The minimum atomic E-state index is -0.916. The van der Waals surface area contributed by atoms with Crippen LogP contribution >= 0.6 is 10.8 Å². The molecule has 0 saturated heterocycles. The van der Waals surface area contributed by atoms with Crippen LogP contribution in [0.25, 0.3) is 16.3 Å². The quantitative estimate of drug-likeness (QED) is 0.509. The van der Waals surface area contributed by atoms with E-state index >= 15 is 0 Å². The fourth-order valence-corrected chi connectivity index (χ4v) is 6.82. The van der Waals surface area contributed by atoms with E-state index in [1.54, 1.807) is 0 Å². The van der Waals surface area contributed by atoms with Crippen molar-refractivity contribution in [3.05, 3.63) is 52.9 Å². The third-order valence-corrected chi connectivity index (χ3v) is 7.79. The van der Waals surface area contributed by atoms with Crippen molar-refractivity contribution in [2.24, 2.45) is 5.92 Å². The highest BCUT2D eigenvalue weighted by atomic mass is 33.1. The molecule has 0 amide bonds. The fourth-order valence-electron chi connectivity index (χ4n) is 2.77. The topological polar surface area (TPSA) is 61.1 Å². The van der Waals surface area contributed by atoms with Gasteiger partial charge in [-0.05, 0) is 28.3 Å². The van der Waals surface area contributed by atoms with Gasteiger partial charge >= 0.3 is 11.4 Å². The van der Waals surface area contributed by atoms with Crippen LogP contribution in [-0.2, 0) is 14.7 Å². The number of carbonyl (C=O) groups is 1. The number of aliphatic carboxylic acids is 1. The maximum Gasteiger partial charge on any atom is 0.364 e. The van der Waals surface area contributed by atoms with E-state index in [-0.39, 0.29) is 5.92 Å². The van der Waals surface area contributed by atoms with Crippen LogP contribution in [0.1, 0.15) is 19.4 Å². The Morgan fingerprint density at radius 3 is 2.57 bits per heavy atom. The van der Waals surface area contributed by atoms with Gasteiger partial charge in [-0.2, -0.15) is 0 Å². The first-order chi connectivity index (χ1) is 11.0. The molecule has 2 aromatic carbocycles. The highest BCUT2D eigenvalue weighted by Gasteiger charge is 2.52. The Kier molecular flexibility index (Phi) is 4.38. The number of nitriles is 1. The maximum absolute atomic E-state index is 11.8. The van der Waals surface area contributed by atoms with Crippen LogP contribution in [0, 0.1) is 16.6 Å². The van der Waals surface area contributed by atoms with Crippen molar-refractivity contribution in [3.8, 4) is 5.40 Å². The standard InChI is InChI=1S/C18H15NO2S2/c1-11(2)16-15(17(18(20)21)23(10-19)22-16)14-8-7-12-5-3-4-6-13(12)9-14/h3-9,11,17H,1-2H3/p+1. The minimum Gasteiger partial charge on any atom is -0.477 e. The lowest BCUT2D eigenvalue weighted by molar-refractivity contribution is -0.135. The molecule has 0 aliphatic carbocycles. The molecule has 23 heavy (non-hydrogen) atoms. The van der Waals surface area contributed by atoms with E-state index in [2.05, 4.69) is 5.40 Å². The Labute approximate surface area is 141 Å². The van der Waals surface area contributed by atoms with Crippen molar-refractivity contribution in [1.29, 1.82) is 5.26 Å². The maximum atomic E-state index is 11.8. The monoisotopic (exact) mass is 342 g/mol. The van der Waals surface area contributed by atoms with Crippen LogP contribution in [0.4, 0.5) is 0 Å². The van der Waals surface area contributed by atoms with Crippen molar-refractivity contribution in [1.82, 2.24) is 0 Å². The summed E-state index contributed by atoms with van der Waals surface area (Å²) in [5.74, 6) is -0.713. The van der Waals surface area contributed by atoms with Crippen molar-refractivity contribution in [3.63, 3.8) is 0 Å². The number of fused-ring (bicyclic) bond motifs is 1. The summed E-state index contributed by atoms with van der Waals surface area (Å²) in [4.78, 5) is 12.8. The Bertz CT molecular complexity index is 851. The van der Waals surface area contributed by atoms with E-state index in [1.807, 2.05) is 56.3 Å². The molecule has 1 N–H and O–H groups in total. The molecular formula is C18H16NO2S2+. The Hall–Kier alpha value is -1.90. The molecule has 5 heteroatoms. The van der Waals surface area contributed by atoms with E-state index in [0.717, 1.165) is 26.8 Å². The lowest BCUT2D eigenvalue weighted by Gasteiger charge is -2.10. The molecule has 1 aliphatic heterocycles. The Morgan fingerprint density at radius 2 is 1.96 bits per heavy atom. The summed E-state index contributed by atoms with van der Waals surface area (Å²) in [6, 6.07) is 14.0. The molecule has 0 fully saturated rings. The zero-order valence-electron chi connectivity index (χ0n) is 12.8. The molecule has 0 aromatic heterocycles. The van der Waals surface area contributed by atoms with Gasteiger partial charge in [0.2, 0.25) is 0 Å². The van der Waals surface area contributed by atoms with Crippen molar-refractivity contribution < 1.29 is 9.90 Å². The molecular weight excluding hydrogens is 326 g/mol. The van der Waals surface area contributed by atoms with Crippen LogP contribution < -0.4 is 0 Å². The van der Waals surface area contributed by atoms with Crippen molar-refractivity contribution in [2.75, 3.05) is 0 Å². The number of allylic oxidation sites excluding steroid dienone is 1. The lowest BCUT2D eigenvalue weighted by Crippen LogP contribution is -2.25. The van der Waals surface area contributed by atoms with Gasteiger partial charge in [-0.25, -0.2) is 4.79 Å². The molecule has 3 rings (SSSR count). The Morgan fingerprint density at radius 1 is 1.26 bits per heavy atom. The largest absolute Gasteiger partial charge is 0.477 e. The van der Waals surface area contributed by atoms with Crippen LogP contribution in [0.3, 0.4) is 0 Å². The van der Waals surface area contributed by atoms with Gasteiger partial charge in [-0.15, -0.1) is 5.26 Å². The molecule has 0 bridgehead atoms. The number of hydrogen-bond acceptors (Lipinski definition) is 3. The molecule has 1 aliphatic rings. The predicted molar refractivity (Wildman–Crippen MR) is 97.7 cm³/mol. The third kappa shape index (κ3) is 2.85. The van der Waals surface area contributed by atoms with Crippen LogP contribution in [-0.4, -0.2) is 16.3 Å². The number of rotatable bonds is 3. The summed E-state index contributed by atoms with van der Waals surface area (Å²) in [6.45, 7) is 4.10. The van der Waals surface area contributed by atoms with Gasteiger partial charge < -0.3 is 5.11 Å². The first kappa shape index (κ1) is 16.0. The fraction of sp³-hybridized carbons (Fsp3) is 0.222. The normalized spacial score (nSPS) is 21.0. The van der Waals surface area contributed by atoms with E-state index in [1.165, 1.54) is 10.8 Å². The van der Waals surface area contributed by atoms with E-state index < -0.39 is 21.1 Å². The zero-order chi connectivity index (χ0) is 16.6. The molecule has 3 nitrogen and oxygen atoms in total. The molecule has 0 saturated carbocycles. The molecule has 116 valence electrons. The van der Waals surface area contributed by atoms with Crippen LogP contribution in [0.2, 0.25) is 0 Å². The molecule has 0 spiro atoms. The van der Waals surface area contributed by atoms with Gasteiger partial charge in [0.15, 0.2) is 9.93 Å². The summed E-state index contributed by atoms with van der Waals surface area (Å²) < 4.78 is 0. The predicted octanol–water partition coefficient (Wildman–Crippen LogP) is 4.42. The first-order valence-electron chi connectivity index (χ1n) is 7.30. The van der Waals surface area contributed by atoms with Gasteiger partial charge in [-0.1, -0.05) is 50.2 Å². The number of benzene rings is 2. The summed E-state index contributed by atoms with van der Waals surface area (Å²) >= 11 is 0. The summed E-state index contributed by atoms with van der Waals surface area (Å²) in [5, 5.41) is 22.7. The summed E-state index contributed by atoms with van der Waals surface area (Å²) in [7, 11) is 0.561. The van der Waals surface area contributed by atoms with Crippen molar-refractivity contribution >= 4 is 43.0 Å². The van der Waals surface area contributed by atoms with Gasteiger partial charge in [0.1, 0.15) is 10.8 Å². The van der Waals surface area contributed by atoms with Gasteiger partial charge in [0.25, 0.3) is 5.25 Å². The second-order valence-electron chi connectivity index (χ2n) is 5.68. The molecule has 2 atom stereocenters. The van der Waals surface area contributed by atoms with E-state index in [4.69, 9.17) is 0 Å². The smallest absolute Gasteiger partial charge is 0.364 e. The number of carboxylic acid groups (broad SMARTS) is 1. The average molecular weight is 342 g/mol. The highest BCUT2D eigenvalue weighted by Crippen LogP contribution is 2.50. The number of carboxylic acids is 1. The minimum absolute atomic E-state index is 0.203. The van der Waals surface area contributed by atoms with E-state index in [9.17, 15) is 15.2 Å². The number of hydrogen-bond donors (Lipinski definition) is 1. The summed E-state index contributed by atoms with van der Waals surface area (Å²) in [6.07, 6.45) is 0. The first-order valence-corrected chi connectivity index (χ1v) is 9.92. The molecule has 2 aromatic rings. The molecule has 2 unspecified atom stereocenters. The van der Waals surface area contributed by atoms with Crippen LogP contribution in [0.5, 0.6) is 0 Å². The van der Waals surface area contributed by atoms with Gasteiger partial charge in [0.05, 0.1) is 4.91 Å². The lowest BCUT2D eigenvalue weighted by atomic mass is 9.95. The average Bonchev–Trinajstić information content (AvgIpc) is 2.94. The van der Waals surface area contributed by atoms with Gasteiger partial charge in [0, 0.05) is 5.57 Å². The molecule has 0 radical (unpaired) electrons. The van der Waals surface area contributed by atoms with E-state index in [0.29, 0.717) is 0 Å². The zero-order valence-corrected chi connectivity index (χ0v) is 14.4. The van der Waals surface area contributed by atoms with Crippen LogP contribution in [0.15, 0.2) is 47.4 Å².